The van der Waals surface area contributed by atoms with Crippen LogP contribution in [-0.4, -0.2) is 61.7 Å². The number of nitrogens with zero attached hydrogens (tertiary/aromatic N) is 4. The topological polar surface area (TPSA) is 115 Å². The van der Waals surface area contributed by atoms with E-state index in [1.165, 1.54) is 0 Å². The summed E-state index contributed by atoms with van der Waals surface area (Å²) in [6.45, 7) is 8.60. The summed E-state index contributed by atoms with van der Waals surface area (Å²) in [7, 11) is 0. The highest BCUT2D eigenvalue weighted by atomic mass is 16.5. The van der Waals surface area contributed by atoms with Gasteiger partial charge in [0, 0.05) is 13.0 Å². The lowest BCUT2D eigenvalue weighted by atomic mass is 10.2. The van der Waals surface area contributed by atoms with Crippen LogP contribution < -0.4 is 10.1 Å². The van der Waals surface area contributed by atoms with Crippen LogP contribution in [0.5, 0.6) is 6.01 Å². The minimum Gasteiger partial charge on any atom is -0.459 e. The van der Waals surface area contributed by atoms with Crippen molar-refractivity contribution in [3.63, 3.8) is 0 Å². The van der Waals surface area contributed by atoms with Crippen LogP contribution in [0, 0.1) is 5.92 Å². The molecule has 3 rings (SSSR count). The molecular formula is C17H25N5O4. The smallest absolute Gasteiger partial charge is 0.320 e. The molecule has 1 saturated heterocycles. The van der Waals surface area contributed by atoms with E-state index in [9.17, 15) is 10.2 Å². The third-order valence-corrected chi connectivity index (χ3v) is 4.10. The first-order chi connectivity index (χ1) is 12.5. The van der Waals surface area contributed by atoms with Crippen molar-refractivity contribution in [2.45, 2.75) is 38.7 Å². The monoisotopic (exact) mass is 363 g/mol. The summed E-state index contributed by atoms with van der Waals surface area (Å²) in [6.07, 6.45) is 1.75. The van der Waals surface area contributed by atoms with E-state index < -0.39 is 18.4 Å². The first-order valence-corrected chi connectivity index (χ1v) is 8.70. The number of hydrogen-bond donors (Lipinski definition) is 3. The molecule has 3 heterocycles. The second-order valence-corrected chi connectivity index (χ2v) is 6.67. The van der Waals surface area contributed by atoms with Gasteiger partial charge in [0.2, 0.25) is 0 Å². The predicted octanol–water partition coefficient (Wildman–Crippen LogP) is 1.10. The molecular weight excluding hydrogens is 338 g/mol. The van der Waals surface area contributed by atoms with Gasteiger partial charge in [-0.05, 0) is 5.92 Å². The Morgan fingerprint density at radius 1 is 1.50 bits per heavy atom. The lowest BCUT2D eigenvalue weighted by Crippen LogP contribution is -2.24. The van der Waals surface area contributed by atoms with Crippen LogP contribution in [0.2, 0.25) is 0 Å². The lowest BCUT2D eigenvalue weighted by Gasteiger charge is -2.14. The molecule has 3 N–H and O–H groups in total. The van der Waals surface area contributed by atoms with Gasteiger partial charge in [0.1, 0.15) is 18.9 Å². The van der Waals surface area contributed by atoms with Gasteiger partial charge in [-0.25, -0.2) is 4.98 Å². The number of aliphatic hydroxyl groups is 2. The van der Waals surface area contributed by atoms with Gasteiger partial charge in [-0.2, -0.15) is 9.97 Å². The largest absolute Gasteiger partial charge is 0.459 e. The van der Waals surface area contributed by atoms with Crippen molar-refractivity contribution in [3.05, 3.63) is 19.0 Å². The van der Waals surface area contributed by atoms with Crippen LogP contribution in [-0.2, 0) is 4.74 Å². The molecule has 3 atom stereocenters. The maximum absolute atomic E-state index is 10.0. The highest BCUT2D eigenvalue weighted by Gasteiger charge is 2.35. The SMILES string of the molecule is C=CCOc1nc(NCC(C)C)c2ncn([C@H]3C[C@H](O)[C@@H](CO)O3)c2n1. The van der Waals surface area contributed by atoms with E-state index in [1.807, 2.05) is 0 Å². The van der Waals surface area contributed by atoms with Gasteiger partial charge in [-0.1, -0.05) is 26.5 Å². The Kier molecular flexibility index (Phi) is 5.70. The standard InChI is InChI=1S/C17H25N5O4/c1-4-5-25-17-20-15(18-7-10(2)3)14-16(21-17)22(9-19-14)13-6-11(24)12(8-23)26-13/h4,9-13,23-24H,1,5-8H2,2-3H3,(H,18,20,21)/t11-,12+,13+/m0/s1. The Hall–Kier alpha value is -2.23. The molecule has 1 fully saturated rings. The van der Waals surface area contributed by atoms with Gasteiger partial charge < -0.3 is 25.0 Å². The highest BCUT2D eigenvalue weighted by Crippen LogP contribution is 2.32. The molecule has 9 nitrogen and oxygen atoms in total. The molecule has 9 heteroatoms. The lowest BCUT2D eigenvalue weighted by molar-refractivity contribution is -0.0432. The molecule has 0 unspecified atom stereocenters. The van der Waals surface area contributed by atoms with E-state index in [4.69, 9.17) is 9.47 Å². The van der Waals surface area contributed by atoms with Crippen LogP contribution in [0.4, 0.5) is 5.82 Å². The number of rotatable bonds is 8. The minimum absolute atomic E-state index is 0.211. The first-order valence-electron chi connectivity index (χ1n) is 8.70. The second kappa shape index (κ2) is 7.98. The number of nitrogens with one attached hydrogen (secondary N) is 1. The number of anilines is 1. The van der Waals surface area contributed by atoms with E-state index in [0.717, 1.165) is 6.54 Å². The van der Waals surface area contributed by atoms with Crippen molar-refractivity contribution >= 4 is 17.0 Å². The fourth-order valence-electron chi connectivity index (χ4n) is 2.78. The second-order valence-electron chi connectivity index (χ2n) is 6.67. The molecule has 0 bridgehead atoms. The van der Waals surface area contributed by atoms with Crippen molar-refractivity contribution in [1.82, 2.24) is 19.5 Å². The Morgan fingerprint density at radius 2 is 2.31 bits per heavy atom. The van der Waals surface area contributed by atoms with Crippen molar-refractivity contribution in [2.24, 2.45) is 5.92 Å². The third kappa shape index (κ3) is 3.79. The number of aliphatic hydroxyl groups excluding tert-OH is 2. The van der Waals surface area contributed by atoms with Crippen molar-refractivity contribution in [1.29, 1.82) is 0 Å². The zero-order valence-electron chi connectivity index (χ0n) is 15.0. The van der Waals surface area contributed by atoms with Gasteiger partial charge in [-0.15, -0.1) is 0 Å². The Labute approximate surface area is 151 Å². The highest BCUT2D eigenvalue weighted by molar-refractivity contribution is 5.83. The number of ether oxygens (including phenoxy) is 2. The van der Waals surface area contributed by atoms with Gasteiger partial charge in [0.15, 0.2) is 17.0 Å². The van der Waals surface area contributed by atoms with E-state index in [0.29, 0.717) is 29.3 Å². The molecule has 26 heavy (non-hydrogen) atoms. The maximum atomic E-state index is 10.0. The van der Waals surface area contributed by atoms with Crippen LogP contribution in [0.3, 0.4) is 0 Å². The molecule has 0 radical (unpaired) electrons. The number of hydrogen-bond acceptors (Lipinski definition) is 8. The average Bonchev–Trinajstić information content (AvgIpc) is 3.20. The van der Waals surface area contributed by atoms with E-state index in [1.54, 1.807) is 17.0 Å². The Bertz CT molecular complexity index is 763. The molecule has 1 aliphatic rings. The van der Waals surface area contributed by atoms with E-state index in [2.05, 4.69) is 40.7 Å². The average molecular weight is 363 g/mol. The van der Waals surface area contributed by atoms with Crippen LogP contribution in [0.25, 0.3) is 11.2 Å². The van der Waals surface area contributed by atoms with Gasteiger partial charge >= 0.3 is 6.01 Å². The van der Waals surface area contributed by atoms with Gasteiger partial charge in [0.25, 0.3) is 0 Å². The van der Waals surface area contributed by atoms with Crippen molar-refractivity contribution in [2.75, 3.05) is 25.1 Å². The first kappa shape index (κ1) is 18.6. The third-order valence-electron chi connectivity index (χ3n) is 4.10. The quantitative estimate of drug-likeness (QED) is 0.597. The van der Waals surface area contributed by atoms with Gasteiger partial charge in [-0.3, -0.25) is 4.57 Å². The Balaban J connectivity index is 1.97. The number of imidazole rings is 1. The zero-order valence-corrected chi connectivity index (χ0v) is 15.0. The summed E-state index contributed by atoms with van der Waals surface area (Å²) in [4.78, 5) is 13.2. The molecule has 142 valence electrons. The molecule has 0 amide bonds. The van der Waals surface area contributed by atoms with Crippen LogP contribution >= 0.6 is 0 Å². The summed E-state index contributed by atoms with van der Waals surface area (Å²) in [5.41, 5.74) is 1.14. The molecule has 0 aliphatic carbocycles. The molecule has 0 saturated carbocycles. The normalized spacial score (nSPS) is 22.9. The van der Waals surface area contributed by atoms with Crippen molar-refractivity contribution < 1.29 is 19.7 Å². The fraction of sp³-hybridized carbons (Fsp3) is 0.588. The fourth-order valence-corrected chi connectivity index (χ4v) is 2.78. The minimum atomic E-state index is -0.737. The Morgan fingerprint density at radius 3 is 2.96 bits per heavy atom. The molecule has 1 aliphatic heterocycles. The van der Waals surface area contributed by atoms with Crippen LogP contribution in [0.1, 0.15) is 26.5 Å². The summed E-state index contributed by atoms with van der Waals surface area (Å²) in [5, 5.41) is 22.6. The molecule has 0 aromatic carbocycles. The molecule has 2 aromatic rings. The summed E-state index contributed by atoms with van der Waals surface area (Å²) >= 11 is 0. The maximum Gasteiger partial charge on any atom is 0.320 e. The number of fused-ring (bicyclic) bond motifs is 1. The van der Waals surface area contributed by atoms with E-state index >= 15 is 0 Å². The van der Waals surface area contributed by atoms with Gasteiger partial charge in [0.05, 0.1) is 19.0 Å². The summed E-state index contributed by atoms with van der Waals surface area (Å²) < 4.78 is 13.0. The summed E-state index contributed by atoms with van der Waals surface area (Å²) in [6, 6.07) is 0.211. The predicted molar refractivity (Wildman–Crippen MR) is 96.0 cm³/mol. The van der Waals surface area contributed by atoms with E-state index in [-0.39, 0.29) is 19.2 Å². The number of aromatic nitrogens is 4. The summed E-state index contributed by atoms with van der Waals surface area (Å²) in [5.74, 6) is 1.01. The molecule has 2 aromatic heterocycles. The van der Waals surface area contributed by atoms with Crippen LogP contribution in [0.15, 0.2) is 19.0 Å². The zero-order chi connectivity index (χ0) is 18.7. The molecule has 0 spiro atoms. The van der Waals surface area contributed by atoms with Crippen molar-refractivity contribution in [3.8, 4) is 6.01 Å².